The minimum Gasteiger partial charge on any atom is -0.216 e. The average Bonchev–Trinajstić information content (AvgIpc) is 2.58. The summed E-state index contributed by atoms with van der Waals surface area (Å²) in [7, 11) is 0. The number of benzene rings is 1. The average molecular weight is 299 g/mol. The van der Waals surface area contributed by atoms with Crippen molar-refractivity contribution >= 4 is 0 Å². The Balaban J connectivity index is 1.63. The lowest BCUT2D eigenvalue weighted by Crippen LogP contribution is -2.15. The molecule has 0 radical (unpaired) electrons. The summed E-state index contributed by atoms with van der Waals surface area (Å²) in [5, 5.41) is 8.81. The van der Waals surface area contributed by atoms with E-state index in [1.807, 2.05) is 12.1 Å². The third kappa shape index (κ3) is 5.64. The Labute approximate surface area is 133 Å². The zero-order chi connectivity index (χ0) is 15.6. The van der Waals surface area contributed by atoms with Gasteiger partial charge in [-0.1, -0.05) is 50.3 Å². The van der Waals surface area contributed by atoms with E-state index in [0.29, 0.717) is 6.33 Å². The van der Waals surface area contributed by atoms with Gasteiger partial charge in [0.1, 0.15) is 0 Å². The molecule has 2 heteroatoms. The molecule has 2 rings (SSSR count). The van der Waals surface area contributed by atoms with E-state index in [9.17, 15) is 4.39 Å². The van der Waals surface area contributed by atoms with Gasteiger partial charge in [0.25, 0.3) is 0 Å². The number of hydrogen-bond acceptors (Lipinski definition) is 1. The van der Waals surface area contributed by atoms with Crippen molar-refractivity contribution in [3.05, 3.63) is 47.8 Å². The first-order valence-corrected chi connectivity index (χ1v) is 8.56. The van der Waals surface area contributed by atoms with Gasteiger partial charge in [-0.25, -0.2) is 4.39 Å². The Morgan fingerprint density at radius 3 is 2.27 bits per heavy atom. The van der Waals surface area contributed by atoms with E-state index in [2.05, 4.69) is 18.2 Å². The fraction of sp³-hybridized carbons (Fsp3) is 0.550. The van der Waals surface area contributed by atoms with Crippen LogP contribution in [-0.2, 0) is 6.42 Å². The maximum absolute atomic E-state index is 11.9. The number of unbranched alkanes of at least 4 members (excludes halogenated alkanes) is 1. The van der Waals surface area contributed by atoms with Gasteiger partial charge in [-0.3, -0.25) is 0 Å². The highest BCUT2D eigenvalue weighted by Gasteiger charge is 2.20. The monoisotopic (exact) mass is 299 g/mol. The summed E-state index contributed by atoms with van der Waals surface area (Å²) in [5.41, 5.74) is 2.09. The molecular weight excluding hydrogens is 273 g/mol. The lowest BCUT2D eigenvalue weighted by molar-refractivity contribution is 0.250. The molecule has 0 N–H and O–H groups in total. The summed E-state index contributed by atoms with van der Waals surface area (Å²) in [4.78, 5) is 0. The van der Waals surface area contributed by atoms with Crippen LogP contribution in [0.15, 0.2) is 36.7 Å². The van der Waals surface area contributed by atoms with Crippen molar-refractivity contribution < 1.29 is 4.39 Å². The maximum atomic E-state index is 11.9. The van der Waals surface area contributed by atoms with Crippen molar-refractivity contribution in [2.45, 2.75) is 57.8 Å². The Morgan fingerprint density at radius 2 is 1.68 bits per heavy atom. The van der Waals surface area contributed by atoms with Crippen molar-refractivity contribution in [2.24, 2.45) is 11.8 Å². The van der Waals surface area contributed by atoms with Gasteiger partial charge in [0.2, 0.25) is 0 Å². The van der Waals surface area contributed by atoms with Gasteiger partial charge in [0.05, 0.1) is 18.0 Å². The fourth-order valence-corrected chi connectivity index (χ4v) is 3.51. The van der Waals surface area contributed by atoms with Crippen LogP contribution in [0.3, 0.4) is 0 Å². The van der Waals surface area contributed by atoms with E-state index in [-0.39, 0.29) is 0 Å². The van der Waals surface area contributed by atoms with Crippen molar-refractivity contribution in [1.82, 2.24) is 0 Å². The largest absolute Gasteiger partial charge is 0.216 e. The van der Waals surface area contributed by atoms with Crippen LogP contribution in [0.4, 0.5) is 4.39 Å². The van der Waals surface area contributed by atoms with Gasteiger partial charge in [-0.15, -0.1) is 0 Å². The molecule has 0 saturated heterocycles. The molecule has 0 spiro atoms. The van der Waals surface area contributed by atoms with Crippen molar-refractivity contribution in [1.29, 1.82) is 5.26 Å². The second kappa shape index (κ2) is 9.41. The summed E-state index contributed by atoms with van der Waals surface area (Å²) in [5.74, 6) is 1.72. The Kier molecular flexibility index (Phi) is 7.16. The van der Waals surface area contributed by atoms with Gasteiger partial charge >= 0.3 is 0 Å². The van der Waals surface area contributed by atoms with E-state index < -0.39 is 0 Å². The SMILES string of the molecule is N#Cc1ccc(CC[C@H]2CC[C@H](CCC/C=C/F)CC2)cc1. The molecule has 1 aromatic rings. The topological polar surface area (TPSA) is 23.8 Å². The first kappa shape index (κ1) is 16.7. The zero-order valence-corrected chi connectivity index (χ0v) is 13.3. The minimum absolute atomic E-state index is 0.667. The number of hydrogen-bond donors (Lipinski definition) is 0. The predicted octanol–water partition coefficient (Wildman–Crippen LogP) is 5.95. The molecule has 0 amide bonds. The van der Waals surface area contributed by atoms with Gasteiger partial charge in [0, 0.05) is 0 Å². The highest BCUT2D eigenvalue weighted by atomic mass is 19.1. The molecule has 0 atom stereocenters. The summed E-state index contributed by atoms with van der Waals surface area (Å²) < 4.78 is 11.9. The van der Waals surface area contributed by atoms with Crippen molar-refractivity contribution in [3.8, 4) is 6.07 Å². The third-order valence-electron chi connectivity index (χ3n) is 4.96. The number of halogens is 1. The highest BCUT2D eigenvalue weighted by Crippen LogP contribution is 2.34. The molecular formula is C20H26FN. The van der Waals surface area contributed by atoms with Crippen LogP contribution in [0.25, 0.3) is 0 Å². The van der Waals surface area contributed by atoms with Gasteiger partial charge in [-0.05, 0) is 55.2 Å². The number of nitrogens with zero attached hydrogens (tertiary/aromatic N) is 1. The van der Waals surface area contributed by atoms with Crippen LogP contribution in [-0.4, -0.2) is 0 Å². The first-order valence-electron chi connectivity index (χ1n) is 8.56. The zero-order valence-electron chi connectivity index (χ0n) is 13.3. The summed E-state index contributed by atoms with van der Waals surface area (Å²) in [6, 6.07) is 10.2. The molecule has 1 aromatic carbocycles. The second-order valence-corrected chi connectivity index (χ2v) is 6.53. The van der Waals surface area contributed by atoms with Crippen molar-refractivity contribution in [2.75, 3.05) is 0 Å². The Morgan fingerprint density at radius 1 is 1.05 bits per heavy atom. The standard InChI is InChI=1S/C20H26FN/c21-15-3-1-2-4-17-5-7-18(8-6-17)9-10-19-11-13-20(16-22)14-12-19/h3,11-15,17-18H,1-2,4-10H2/b15-3+/t17-,18-. The van der Waals surface area contributed by atoms with Gasteiger partial charge in [-0.2, -0.15) is 5.26 Å². The van der Waals surface area contributed by atoms with E-state index in [0.717, 1.165) is 36.7 Å². The molecule has 1 aliphatic carbocycles. The molecule has 118 valence electrons. The van der Waals surface area contributed by atoms with E-state index in [4.69, 9.17) is 5.26 Å². The number of nitriles is 1. The predicted molar refractivity (Wildman–Crippen MR) is 89.0 cm³/mol. The van der Waals surface area contributed by atoms with E-state index in [1.54, 1.807) is 6.08 Å². The minimum atomic E-state index is 0.667. The second-order valence-electron chi connectivity index (χ2n) is 6.53. The molecule has 0 heterocycles. The summed E-state index contributed by atoms with van der Waals surface area (Å²) in [6.45, 7) is 0. The lowest BCUT2D eigenvalue weighted by atomic mass is 9.78. The van der Waals surface area contributed by atoms with Crippen LogP contribution in [0, 0.1) is 23.2 Å². The number of aryl methyl sites for hydroxylation is 1. The van der Waals surface area contributed by atoms with Crippen molar-refractivity contribution in [3.63, 3.8) is 0 Å². The Hall–Kier alpha value is -1.62. The highest BCUT2D eigenvalue weighted by molar-refractivity contribution is 5.31. The molecule has 22 heavy (non-hydrogen) atoms. The van der Waals surface area contributed by atoms with E-state index >= 15 is 0 Å². The van der Waals surface area contributed by atoms with Crippen LogP contribution < -0.4 is 0 Å². The fourth-order valence-electron chi connectivity index (χ4n) is 3.51. The van der Waals surface area contributed by atoms with Crippen LogP contribution in [0.1, 0.15) is 62.5 Å². The molecule has 1 fully saturated rings. The quantitative estimate of drug-likeness (QED) is 0.571. The molecule has 0 aromatic heterocycles. The Bertz CT molecular complexity index is 489. The maximum Gasteiger partial charge on any atom is 0.0991 e. The lowest BCUT2D eigenvalue weighted by Gasteiger charge is -2.28. The third-order valence-corrected chi connectivity index (χ3v) is 4.96. The normalized spacial score (nSPS) is 21.8. The summed E-state index contributed by atoms with van der Waals surface area (Å²) in [6.07, 6.45) is 13.3. The van der Waals surface area contributed by atoms with Crippen LogP contribution in [0.2, 0.25) is 0 Å². The molecule has 1 aliphatic rings. The van der Waals surface area contributed by atoms with Gasteiger partial charge in [0.15, 0.2) is 0 Å². The smallest absolute Gasteiger partial charge is 0.0991 e. The molecule has 0 bridgehead atoms. The first-order chi connectivity index (χ1) is 10.8. The molecule has 0 unspecified atom stereocenters. The number of rotatable bonds is 7. The molecule has 0 aliphatic heterocycles. The molecule has 1 nitrogen and oxygen atoms in total. The van der Waals surface area contributed by atoms with E-state index in [1.165, 1.54) is 44.1 Å². The number of allylic oxidation sites excluding steroid dienone is 1. The van der Waals surface area contributed by atoms with Gasteiger partial charge < -0.3 is 0 Å². The summed E-state index contributed by atoms with van der Waals surface area (Å²) >= 11 is 0. The molecule has 1 saturated carbocycles. The van der Waals surface area contributed by atoms with Crippen LogP contribution >= 0.6 is 0 Å². The van der Waals surface area contributed by atoms with Crippen LogP contribution in [0.5, 0.6) is 0 Å².